The van der Waals surface area contributed by atoms with Gasteiger partial charge in [-0.2, -0.15) is 0 Å². The SMILES string of the molecule is c1ccc(-c2ccc(N(c3ccc(C4(c5ccccc5)c5ccccc5-c5ccccc54)cc3)c3ccc4sc5ccccc5c4c3)cc2)cc1. The third-order valence-electron chi connectivity index (χ3n) is 10.6. The van der Waals surface area contributed by atoms with Crippen LogP contribution in [0.3, 0.4) is 0 Å². The molecule has 0 spiro atoms. The number of benzene rings is 8. The Morgan fingerprint density at radius 2 is 0.843 bits per heavy atom. The molecule has 0 radical (unpaired) electrons. The highest BCUT2D eigenvalue weighted by Crippen LogP contribution is 2.56. The van der Waals surface area contributed by atoms with Crippen molar-refractivity contribution in [3.8, 4) is 22.3 Å². The van der Waals surface area contributed by atoms with Crippen LogP contribution >= 0.6 is 11.3 Å². The van der Waals surface area contributed by atoms with E-state index in [1.807, 2.05) is 11.3 Å². The van der Waals surface area contributed by atoms with Crippen LogP contribution in [0.25, 0.3) is 42.4 Å². The van der Waals surface area contributed by atoms with Crippen LogP contribution in [0.1, 0.15) is 22.3 Å². The molecule has 0 aliphatic heterocycles. The third-order valence-corrected chi connectivity index (χ3v) is 11.7. The number of rotatable bonds is 6. The number of fused-ring (bicyclic) bond motifs is 6. The fourth-order valence-corrected chi connectivity index (χ4v) is 9.39. The summed E-state index contributed by atoms with van der Waals surface area (Å²) in [6.45, 7) is 0. The van der Waals surface area contributed by atoms with E-state index in [4.69, 9.17) is 0 Å². The van der Waals surface area contributed by atoms with Gasteiger partial charge >= 0.3 is 0 Å². The van der Waals surface area contributed by atoms with Crippen molar-refractivity contribution < 1.29 is 0 Å². The molecule has 240 valence electrons. The van der Waals surface area contributed by atoms with E-state index in [-0.39, 0.29) is 0 Å². The highest BCUT2D eigenvalue weighted by atomic mass is 32.1. The molecule has 0 amide bonds. The Morgan fingerprint density at radius 1 is 0.353 bits per heavy atom. The topological polar surface area (TPSA) is 3.24 Å². The molecule has 0 N–H and O–H groups in total. The Labute approximate surface area is 302 Å². The summed E-state index contributed by atoms with van der Waals surface area (Å²) in [5.41, 5.74) is 13.2. The second-order valence-corrected chi connectivity index (χ2v) is 14.4. The number of thiophene rings is 1. The van der Waals surface area contributed by atoms with Gasteiger partial charge in [-0.1, -0.05) is 152 Å². The summed E-state index contributed by atoms with van der Waals surface area (Å²) in [4.78, 5) is 2.40. The third kappa shape index (κ3) is 4.68. The van der Waals surface area contributed by atoms with Crippen molar-refractivity contribution in [3.63, 3.8) is 0 Å². The zero-order chi connectivity index (χ0) is 33.8. The maximum absolute atomic E-state index is 2.40. The molecule has 1 nitrogen and oxygen atoms in total. The molecule has 0 unspecified atom stereocenters. The Balaban J connectivity index is 1.15. The van der Waals surface area contributed by atoms with Crippen molar-refractivity contribution in [1.29, 1.82) is 0 Å². The molecular formula is C49H33NS. The van der Waals surface area contributed by atoms with Crippen molar-refractivity contribution in [2.75, 3.05) is 4.90 Å². The maximum atomic E-state index is 2.40. The molecule has 9 aromatic rings. The molecule has 0 bridgehead atoms. The lowest BCUT2D eigenvalue weighted by molar-refractivity contribution is 0.768. The van der Waals surface area contributed by atoms with Crippen LogP contribution < -0.4 is 4.90 Å². The van der Waals surface area contributed by atoms with E-state index in [0.29, 0.717) is 0 Å². The summed E-state index contributed by atoms with van der Waals surface area (Å²) in [6, 6.07) is 73.4. The molecule has 1 heterocycles. The van der Waals surface area contributed by atoms with Gasteiger partial charge in [-0.25, -0.2) is 0 Å². The zero-order valence-electron chi connectivity index (χ0n) is 27.9. The van der Waals surface area contributed by atoms with Crippen molar-refractivity contribution in [1.82, 2.24) is 0 Å². The molecule has 1 aliphatic rings. The molecule has 8 aromatic carbocycles. The second kappa shape index (κ2) is 12.0. The van der Waals surface area contributed by atoms with Gasteiger partial charge in [0, 0.05) is 37.2 Å². The fourth-order valence-electron chi connectivity index (χ4n) is 8.31. The molecule has 1 aromatic heterocycles. The van der Waals surface area contributed by atoms with E-state index in [9.17, 15) is 0 Å². The normalized spacial score (nSPS) is 12.9. The first-order valence-electron chi connectivity index (χ1n) is 17.5. The molecule has 10 rings (SSSR count). The van der Waals surface area contributed by atoms with Crippen LogP contribution in [-0.4, -0.2) is 0 Å². The summed E-state index contributed by atoms with van der Waals surface area (Å²) in [7, 11) is 0. The van der Waals surface area contributed by atoms with Crippen LogP contribution in [0.2, 0.25) is 0 Å². The van der Waals surface area contributed by atoms with Gasteiger partial charge in [0.05, 0.1) is 5.41 Å². The number of anilines is 3. The largest absolute Gasteiger partial charge is 0.310 e. The molecule has 0 saturated carbocycles. The lowest BCUT2D eigenvalue weighted by atomic mass is 9.68. The smallest absolute Gasteiger partial charge is 0.0713 e. The lowest BCUT2D eigenvalue weighted by Crippen LogP contribution is -2.28. The van der Waals surface area contributed by atoms with Crippen LogP contribution in [0.15, 0.2) is 200 Å². The minimum absolute atomic E-state index is 0.427. The molecule has 1 aliphatic carbocycles. The van der Waals surface area contributed by atoms with Gasteiger partial charge in [-0.15, -0.1) is 11.3 Å². The van der Waals surface area contributed by atoms with Gasteiger partial charge in [-0.05, 0) is 93.0 Å². The van der Waals surface area contributed by atoms with E-state index in [0.717, 1.165) is 17.1 Å². The van der Waals surface area contributed by atoms with E-state index < -0.39 is 5.41 Å². The van der Waals surface area contributed by atoms with Gasteiger partial charge in [0.2, 0.25) is 0 Å². The van der Waals surface area contributed by atoms with Crippen molar-refractivity contribution >= 4 is 48.6 Å². The van der Waals surface area contributed by atoms with E-state index in [2.05, 4.69) is 205 Å². The summed E-state index contributed by atoms with van der Waals surface area (Å²) in [5.74, 6) is 0. The molecule has 0 atom stereocenters. The lowest BCUT2D eigenvalue weighted by Gasteiger charge is -2.34. The minimum atomic E-state index is -0.427. The predicted octanol–water partition coefficient (Wildman–Crippen LogP) is 13.6. The van der Waals surface area contributed by atoms with E-state index in [1.54, 1.807) is 0 Å². The monoisotopic (exact) mass is 667 g/mol. The van der Waals surface area contributed by atoms with Gasteiger partial charge in [0.1, 0.15) is 0 Å². The van der Waals surface area contributed by atoms with Gasteiger partial charge in [-0.3, -0.25) is 0 Å². The number of hydrogen-bond donors (Lipinski definition) is 0. The van der Waals surface area contributed by atoms with Crippen molar-refractivity contribution in [2.24, 2.45) is 0 Å². The van der Waals surface area contributed by atoms with Crippen LogP contribution in [0, 0.1) is 0 Å². The first-order chi connectivity index (χ1) is 25.3. The van der Waals surface area contributed by atoms with Gasteiger partial charge < -0.3 is 4.90 Å². The van der Waals surface area contributed by atoms with E-state index in [1.165, 1.54) is 64.7 Å². The van der Waals surface area contributed by atoms with Crippen molar-refractivity contribution in [3.05, 3.63) is 222 Å². The Morgan fingerprint density at radius 3 is 1.53 bits per heavy atom. The summed E-state index contributed by atoms with van der Waals surface area (Å²) < 4.78 is 2.62. The van der Waals surface area contributed by atoms with Crippen molar-refractivity contribution in [2.45, 2.75) is 5.41 Å². The molecule has 2 heteroatoms. The standard InChI is InChI=1S/C49H33NS/c1-3-13-34(14-4-1)35-23-27-38(28-24-35)50(40-31-32-48-44(33-40)43-19-9-12-22-47(43)51-48)39-29-25-37(26-30-39)49(36-15-5-2-6-16-36)45-20-10-7-17-41(45)42-18-8-11-21-46(42)49/h1-33H. The van der Waals surface area contributed by atoms with Gasteiger partial charge in [0.25, 0.3) is 0 Å². The molecular weight excluding hydrogens is 635 g/mol. The molecule has 0 saturated heterocycles. The predicted molar refractivity (Wildman–Crippen MR) is 217 cm³/mol. The first kappa shape index (κ1) is 29.7. The average Bonchev–Trinajstić information content (AvgIpc) is 3.73. The summed E-state index contributed by atoms with van der Waals surface area (Å²) in [6.07, 6.45) is 0. The first-order valence-corrected chi connectivity index (χ1v) is 18.3. The fraction of sp³-hybridized carbons (Fsp3) is 0.0204. The Bertz CT molecular complexity index is 2630. The molecule has 0 fully saturated rings. The summed E-state index contributed by atoms with van der Waals surface area (Å²) in [5, 5.41) is 2.59. The second-order valence-electron chi connectivity index (χ2n) is 13.3. The maximum Gasteiger partial charge on any atom is 0.0713 e. The Kier molecular flexibility index (Phi) is 6.97. The van der Waals surface area contributed by atoms with Gasteiger partial charge in [0.15, 0.2) is 0 Å². The van der Waals surface area contributed by atoms with Crippen LogP contribution in [-0.2, 0) is 5.41 Å². The zero-order valence-corrected chi connectivity index (χ0v) is 28.7. The highest BCUT2D eigenvalue weighted by molar-refractivity contribution is 7.25. The number of nitrogens with zero attached hydrogens (tertiary/aromatic N) is 1. The Hall–Kier alpha value is -6.22. The minimum Gasteiger partial charge on any atom is -0.310 e. The molecule has 51 heavy (non-hydrogen) atoms. The highest BCUT2D eigenvalue weighted by Gasteiger charge is 2.45. The quantitative estimate of drug-likeness (QED) is 0.171. The van der Waals surface area contributed by atoms with Crippen LogP contribution in [0.5, 0.6) is 0 Å². The number of hydrogen-bond acceptors (Lipinski definition) is 2. The van der Waals surface area contributed by atoms with Crippen LogP contribution in [0.4, 0.5) is 17.1 Å². The summed E-state index contributed by atoms with van der Waals surface area (Å²) >= 11 is 1.86. The average molecular weight is 668 g/mol. The van der Waals surface area contributed by atoms with E-state index >= 15 is 0 Å².